The molecule has 1 aromatic heterocycles. The Kier molecular flexibility index (Phi) is 2.24. The smallest absolute Gasteiger partial charge is 0.201 e. The number of methoxy groups -OCH3 is 1. The summed E-state index contributed by atoms with van der Waals surface area (Å²) in [5.74, 6) is -0.648. The largest absolute Gasteiger partial charge is 0.494 e. The van der Waals surface area contributed by atoms with Gasteiger partial charge in [0.25, 0.3) is 0 Å². The van der Waals surface area contributed by atoms with E-state index in [2.05, 4.69) is 4.98 Å². The molecule has 0 saturated heterocycles. The summed E-state index contributed by atoms with van der Waals surface area (Å²) >= 11 is 0. The minimum Gasteiger partial charge on any atom is -0.494 e. The minimum absolute atomic E-state index is 0.0547. The lowest BCUT2D eigenvalue weighted by Crippen LogP contribution is -1.96. The molecule has 1 rings (SSSR count). The molecule has 0 amide bonds. The SMILES string of the molecule is COc1cc(C)nc(C#N)c1F. The fourth-order valence-electron chi connectivity index (χ4n) is 0.850. The average molecular weight is 166 g/mol. The van der Waals surface area contributed by atoms with Gasteiger partial charge < -0.3 is 4.74 Å². The molecule has 0 fully saturated rings. The highest BCUT2D eigenvalue weighted by molar-refractivity contribution is 5.34. The maximum absolute atomic E-state index is 13.0. The Morgan fingerprint density at radius 3 is 2.83 bits per heavy atom. The quantitative estimate of drug-likeness (QED) is 0.633. The van der Waals surface area contributed by atoms with Gasteiger partial charge in [0.15, 0.2) is 11.4 Å². The summed E-state index contributed by atoms with van der Waals surface area (Å²) in [5.41, 5.74) is 0.330. The summed E-state index contributed by atoms with van der Waals surface area (Å²) in [5, 5.41) is 8.45. The molecule has 0 bridgehead atoms. The molecule has 0 aliphatic rings. The zero-order valence-electron chi connectivity index (χ0n) is 6.76. The molecule has 62 valence electrons. The van der Waals surface area contributed by atoms with E-state index in [0.717, 1.165) is 0 Å². The molecule has 3 nitrogen and oxygen atoms in total. The summed E-state index contributed by atoms with van der Waals surface area (Å²) in [4.78, 5) is 3.68. The fourth-order valence-corrected chi connectivity index (χ4v) is 0.850. The molecule has 0 spiro atoms. The first-order chi connectivity index (χ1) is 5.69. The summed E-state index contributed by atoms with van der Waals surface area (Å²) in [6, 6.07) is 3.09. The molecule has 0 atom stereocenters. The molecule has 4 heteroatoms. The number of nitrogens with zero attached hydrogens (tertiary/aromatic N) is 2. The lowest BCUT2D eigenvalue weighted by molar-refractivity contribution is 0.383. The van der Waals surface area contributed by atoms with Crippen molar-refractivity contribution in [2.24, 2.45) is 0 Å². The van der Waals surface area contributed by atoms with E-state index >= 15 is 0 Å². The molecule has 1 aromatic rings. The molecule has 0 N–H and O–H groups in total. The van der Waals surface area contributed by atoms with E-state index in [-0.39, 0.29) is 11.4 Å². The Hall–Kier alpha value is -1.63. The van der Waals surface area contributed by atoms with Gasteiger partial charge in [-0.05, 0) is 6.92 Å². The van der Waals surface area contributed by atoms with Gasteiger partial charge >= 0.3 is 0 Å². The van der Waals surface area contributed by atoms with Crippen LogP contribution in [0, 0.1) is 24.1 Å². The van der Waals surface area contributed by atoms with Gasteiger partial charge in [0.1, 0.15) is 6.07 Å². The number of rotatable bonds is 1. The summed E-state index contributed by atoms with van der Waals surface area (Å²) in [7, 11) is 1.35. The summed E-state index contributed by atoms with van der Waals surface area (Å²) in [6.07, 6.45) is 0. The first-order valence-electron chi connectivity index (χ1n) is 3.30. The molecule has 0 unspecified atom stereocenters. The van der Waals surface area contributed by atoms with E-state index in [1.807, 2.05) is 0 Å². The van der Waals surface area contributed by atoms with Gasteiger partial charge in [0, 0.05) is 11.8 Å². The Labute approximate surface area is 69.4 Å². The molecule has 1 heterocycles. The predicted molar refractivity (Wildman–Crippen MR) is 40.2 cm³/mol. The molecule has 12 heavy (non-hydrogen) atoms. The number of halogens is 1. The van der Waals surface area contributed by atoms with Crippen molar-refractivity contribution in [3.05, 3.63) is 23.3 Å². The van der Waals surface area contributed by atoms with Crippen LogP contribution in [-0.4, -0.2) is 12.1 Å². The standard InChI is InChI=1S/C8H7FN2O/c1-5-3-7(12-2)8(9)6(4-10)11-5/h3H,1-2H3. The van der Waals surface area contributed by atoms with Crippen molar-refractivity contribution >= 4 is 0 Å². The van der Waals surface area contributed by atoms with Crippen LogP contribution < -0.4 is 4.74 Å². The lowest BCUT2D eigenvalue weighted by Gasteiger charge is -2.02. The van der Waals surface area contributed by atoms with Gasteiger partial charge in [-0.15, -0.1) is 0 Å². The number of hydrogen-bond acceptors (Lipinski definition) is 3. The van der Waals surface area contributed by atoms with Gasteiger partial charge in [-0.2, -0.15) is 9.65 Å². The van der Waals surface area contributed by atoms with E-state index < -0.39 is 5.82 Å². The number of pyridine rings is 1. The van der Waals surface area contributed by atoms with Gasteiger partial charge in [0.05, 0.1) is 7.11 Å². The first kappa shape index (κ1) is 8.47. The van der Waals surface area contributed by atoms with Crippen LogP contribution >= 0.6 is 0 Å². The van der Waals surface area contributed by atoms with Crippen LogP contribution in [-0.2, 0) is 0 Å². The monoisotopic (exact) mass is 166 g/mol. The highest BCUT2D eigenvalue weighted by atomic mass is 19.1. The van der Waals surface area contributed by atoms with Crippen molar-refractivity contribution < 1.29 is 9.13 Å². The third kappa shape index (κ3) is 1.35. The molecular weight excluding hydrogens is 159 g/mol. The van der Waals surface area contributed by atoms with Crippen LogP contribution in [0.3, 0.4) is 0 Å². The molecule has 0 saturated carbocycles. The van der Waals surface area contributed by atoms with Gasteiger partial charge in [-0.1, -0.05) is 0 Å². The second-order valence-corrected chi connectivity index (χ2v) is 2.24. The van der Waals surface area contributed by atoms with E-state index in [0.29, 0.717) is 5.69 Å². The van der Waals surface area contributed by atoms with Gasteiger partial charge in [0.2, 0.25) is 5.82 Å². The van der Waals surface area contributed by atoms with Crippen LogP contribution in [0.5, 0.6) is 5.75 Å². The lowest BCUT2D eigenvalue weighted by atomic mass is 10.3. The first-order valence-corrected chi connectivity index (χ1v) is 3.30. The van der Waals surface area contributed by atoms with Crippen molar-refractivity contribution in [3.63, 3.8) is 0 Å². The van der Waals surface area contributed by atoms with E-state index in [4.69, 9.17) is 10.00 Å². The van der Waals surface area contributed by atoms with Gasteiger partial charge in [-0.25, -0.2) is 4.98 Å². The summed E-state index contributed by atoms with van der Waals surface area (Å²) < 4.78 is 17.7. The van der Waals surface area contributed by atoms with Crippen molar-refractivity contribution in [2.45, 2.75) is 6.92 Å². The fraction of sp³-hybridized carbons (Fsp3) is 0.250. The number of nitriles is 1. The number of aryl methyl sites for hydroxylation is 1. The highest BCUT2D eigenvalue weighted by Crippen LogP contribution is 2.19. The van der Waals surface area contributed by atoms with Crippen LogP contribution in [0.2, 0.25) is 0 Å². The second-order valence-electron chi connectivity index (χ2n) is 2.24. The van der Waals surface area contributed by atoms with E-state index in [9.17, 15) is 4.39 Å². The third-order valence-corrected chi connectivity index (χ3v) is 1.38. The highest BCUT2D eigenvalue weighted by Gasteiger charge is 2.10. The predicted octanol–water partition coefficient (Wildman–Crippen LogP) is 1.41. The minimum atomic E-state index is -0.703. The molecule has 0 aromatic carbocycles. The van der Waals surface area contributed by atoms with E-state index in [1.54, 1.807) is 13.0 Å². The van der Waals surface area contributed by atoms with Crippen LogP contribution in [0.25, 0.3) is 0 Å². The van der Waals surface area contributed by atoms with Crippen molar-refractivity contribution in [1.82, 2.24) is 4.98 Å². The number of hydrogen-bond donors (Lipinski definition) is 0. The number of ether oxygens (including phenoxy) is 1. The van der Waals surface area contributed by atoms with Crippen molar-refractivity contribution in [2.75, 3.05) is 7.11 Å². The average Bonchev–Trinajstić information content (AvgIpc) is 2.08. The van der Waals surface area contributed by atoms with Crippen molar-refractivity contribution in [3.8, 4) is 11.8 Å². The molecule has 0 radical (unpaired) electrons. The van der Waals surface area contributed by atoms with Gasteiger partial charge in [-0.3, -0.25) is 0 Å². The third-order valence-electron chi connectivity index (χ3n) is 1.38. The van der Waals surface area contributed by atoms with Crippen molar-refractivity contribution in [1.29, 1.82) is 5.26 Å². The maximum atomic E-state index is 13.0. The van der Waals surface area contributed by atoms with Crippen LogP contribution in [0.1, 0.15) is 11.4 Å². The molecule has 0 aliphatic carbocycles. The van der Waals surface area contributed by atoms with Crippen LogP contribution in [0.15, 0.2) is 6.07 Å². The second kappa shape index (κ2) is 3.18. The maximum Gasteiger partial charge on any atom is 0.201 e. The Bertz CT molecular complexity index is 344. The molecule has 0 aliphatic heterocycles. The Balaban J connectivity index is 3.34. The number of aromatic nitrogens is 1. The Morgan fingerprint density at radius 2 is 2.33 bits per heavy atom. The Morgan fingerprint density at radius 1 is 1.67 bits per heavy atom. The normalized spacial score (nSPS) is 9.17. The molecular formula is C8H7FN2O. The van der Waals surface area contributed by atoms with Crippen LogP contribution in [0.4, 0.5) is 4.39 Å². The van der Waals surface area contributed by atoms with E-state index in [1.165, 1.54) is 13.2 Å². The summed E-state index contributed by atoms with van der Waals surface area (Å²) in [6.45, 7) is 1.67. The topological polar surface area (TPSA) is 45.9 Å². The zero-order chi connectivity index (χ0) is 9.14. The zero-order valence-corrected chi connectivity index (χ0v) is 6.76.